The number of rotatable bonds is 5. The highest BCUT2D eigenvalue weighted by atomic mass is 127. The Morgan fingerprint density at radius 3 is 2.00 bits per heavy atom. The van der Waals surface area contributed by atoms with E-state index in [0.29, 0.717) is 0 Å². The Hall–Kier alpha value is -1.69. The molecule has 0 saturated heterocycles. The fourth-order valence-electron chi connectivity index (χ4n) is 1.90. The topological polar surface area (TPSA) is 27.7 Å². The van der Waals surface area contributed by atoms with Crippen LogP contribution in [0.1, 0.15) is 11.1 Å². The molecule has 3 nitrogen and oxygen atoms in total. The zero-order valence-corrected chi connectivity index (χ0v) is 14.4. The van der Waals surface area contributed by atoms with E-state index in [4.69, 9.17) is 14.2 Å². The van der Waals surface area contributed by atoms with Gasteiger partial charge in [-0.2, -0.15) is 0 Å². The number of ether oxygens (including phenoxy) is 3. The van der Waals surface area contributed by atoms with Crippen molar-refractivity contribution in [2.45, 2.75) is 0 Å². The first kappa shape index (κ1) is 15.7. The lowest BCUT2D eigenvalue weighted by Gasteiger charge is -2.09. The van der Waals surface area contributed by atoms with Crippen LogP contribution in [0.3, 0.4) is 0 Å². The molecule has 4 heteroatoms. The first-order chi connectivity index (χ1) is 10.2. The van der Waals surface area contributed by atoms with Gasteiger partial charge in [-0.25, -0.2) is 0 Å². The summed E-state index contributed by atoms with van der Waals surface area (Å²) in [4.78, 5) is 0. The van der Waals surface area contributed by atoms with Crippen LogP contribution in [0.5, 0.6) is 17.2 Å². The van der Waals surface area contributed by atoms with Crippen molar-refractivity contribution in [3.63, 3.8) is 0 Å². The molecule has 2 aromatic carbocycles. The fourth-order valence-corrected chi connectivity index (χ4v) is 2.52. The predicted octanol–water partition coefficient (Wildman–Crippen LogP) is 4.49. The van der Waals surface area contributed by atoms with E-state index < -0.39 is 0 Å². The monoisotopic (exact) mass is 396 g/mol. The lowest BCUT2D eigenvalue weighted by atomic mass is 10.1. The Morgan fingerprint density at radius 2 is 1.43 bits per heavy atom. The molecule has 0 saturated carbocycles. The summed E-state index contributed by atoms with van der Waals surface area (Å²) in [5, 5.41) is 0. The Balaban J connectivity index is 2.27. The number of methoxy groups -OCH3 is 3. The van der Waals surface area contributed by atoms with Gasteiger partial charge in [-0.05, 0) is 58.0 Å². The molecule has 0 aromatic heterocycles. The number of hydrogen-bond donors (Lipinski definition) is 0. The number of halogens is 1. The van der Waals surface area contributed by atoms with E-state index in [0.717, 1.165) is 31.9 Å². The van der Waals surface area contributed by atoms with Crippen LogP contribution in [0, 0.1) is 3.57 Å². The average Bonchev–Trinajstić information content (AvgIpc) is 2.53. The predicted molar refractivity (Wildman–Crippen MR) is 94.2 cm³/mol. The molecule has 110 valence electrons. The Kier molecular flexibility index (Phi) is 5.50. The molecule has 0 N–H and O–H groups in total. The van der Waals surface area contributed by atoms with Crippen LogP contribution in [0.4, 0.5) is 0 Å². The Bertz CT molecular complexity index is 633. The molecule has 0 aliphatic carbocycles. The van der Waals surface area contributed by atoms with Crippen molar-refractivity contribution in [3.8, 4) is 17.2 Å². The zero-order valence-electron chi connectivity index (χ0n) is 12.2. The smallest absolute Gasteiger partial charge is 0.161 e. The zero-order chi connectivity index (χ0) is 15.2. The molecular formula is C17H17IO3. The molecule has 0 bridgehead atoms. The van der Waals surface area contributed by atoms with Crippen LogP contribution >= 0.6 is 22.6 Å². The van der Waals surface area contributed by atoms with Crippen molar-refractivity contribution in [2.75, 3.05) is 21.3 Å². The number of benzene rings is 2. The Morgan fingerprint density at radius 1 is 0.810 bits per heavy atom. The molecule has 0 spiro atoms. The van der Waals surface area contributed by atoms with Gasteiger partial charge in [-0.15, -0.1) is 0 Å². The summed E-state index contributed by atoms with van der Waals surface area (Å²) < 4.78 is 16.9. The molecule has 0 fully saturated rings. The van der Waals surface area contributed by atoms with Gasteiger partial charge in [-0.3, -0.25) is 0 Å². The van der Waals surface area contributed by atoms with E-state index in [1.807, 2.05) is 36.4 Å². The average molecular weight is 396 g/mol. The second-order valence-corrected chi connectivity index (χ2v) is 5.50. The van der Waals surface area contributed by atoms with Crippen molar-refractivity contribution in [3.05, 3.63) is 51.1 Å². The second-order valence-electron chi connectivity index (χ2n) is 4.34. The van der Waals surface area contributed by atoms with Gasteiger partial charge in [-0.1, -0.05) is 24.3 Å². The highest BCUT2D eigenvalue weighted by Crippen LogP contribution is 2.32. The highest BCUT2D eigenvalue weighted by molar-refractivity contribution is 14.1. The van der Waals surface area contributed by atoms with Gasteiger partial charge in [0.25, 0.3) is 0 Å². The molecule has 2 aromatic rings. The van der Waals surface area contributed by atoms with Crippen LogP contribution in [-0.4, -0.2) is 21.3 Å². The van der Waals surface area contributed by atoms with E-state index in [-0.39, 0.29) is 0 Å². The van der Waals surface area contributed by atoms with Crippen molar-refractivity contribution in [1.82, 2.24) is 0 Å². The van der Waals surface area contributed by atoms with Gasteiger partial charge in [0.05, 0.1) is 21.3 Å². The van der Waals surface area contributed by atoms with E-state index in [2.05, 4.69) is 34.7 Å². The quantitative estimate of drug-likeness (QED) is 0.551. The minimum atomic E-state index is 0.729. The van der Waals surface area contributed by atoms with Gasteiger partial charge >= 0.3 is 0 Å². The summed E-state index contributed by atoms with van der Waals surface area (Å²) in [7, 11) is 4.94. The number of hydrogen-bond acceptors (Lipinski definition) is 3. The molecular weight excluding hydrogens is 379 g/mol. The van der Waals surface area contributed by atoms with Crippen LogP contribution < -0.4 is 14.2 Å². The molecule has 21 heavy (non-hydrogen) atoms. The SMILES string of the molecule is COc1ccc(/C=C\c2cc(OC)c(OC)cc2I)cc1. The maximum Gasteiger partial charge on any atom is 0.161 e. The summed E-state index contributed by atoms with van der Waals surface area (Å²) in [5.74, 6) is 2.32. The molecule has 0 unspecified atom stereocenters. The molecule has 0 aliphatic heterocycles. The molecule has 0 heterocycles. The largest absolute Gasteiger partial charge is 0.497 e. The molecule has 0 atom stereocenters. The first-order valence-corrected chi connectivity index (χ1v) is 7.49. The lowest BCUT2D eigenvalue weighted by Crippen LogP contribution is -1.92. The molecule has 2 rings (SSSR count). The summed E-state index contributed by atoms with van der Waals surface area (Å²) >= 11 is 2.29. The van der Waals surface area contributed by atoms with E-state index in [1.54, 1.807) is 21.3 Å². The van der Waals surface area contributed by atoms with Crippen LogP contribution in [0.25, 0.3) is 12.2 Å². The molecule has 0 amide bonds. The third-order valence-electron chi connectivity index (χ3n) is 3.07. The summed E-state index contributed by atoms with van der Waals surface area (Å²) in [5.41, 5.74) is 2.20. The van der Waals surface area contributed by atoms with E-state index in [9.17, 15) is 0 Å². The van der Waals surface area contributed by atoms with E-state index in [1.165, 1.54) is 0 Å². The normalized spacial score (nSPS) is 10.7. The lowest BCUT2D eigenvalue weighted by molar-refractivity contribution is 0.354. The van der Waals surface area contributed by atoms with Gasteiger partial charge < -0.3 is 14.2 Å². The first-order valence-electron chi connectivity index (χ1n) is 6.41. The van der Waals surface area contributed by atoms with Gasteiger partial charge in [0, 0.05) is 3.57 Å². The third-order valence-corrected chi connectivity index (χ3v) is 4.01. The molecule has 0 aliphatic rings. The minimum Gasteiger partial charge on any atom is -0.497 e. The van der Waals surface area contributed by atoms with Crippen LogP contribution in [0.2, 0.25) is 0 Å². The maximum atomic E-state index is 5.34. The maximum absolute atomic E-state index is 5.34. The van der Waals surface area contributed by atoms with Crippen molar-refractivity contribution in [1.29, 1.82) is 0 Å². The van der Waals surface area contributed by atoms with Gasteiger partial charge in [0.15, 0.2) is 11.5 Å². The van der Waals surface area contributed by atoms with Crippen molar-refractivity contribution in [2.24, 2.45) is 0 Å². The summed E-state index contributed by atoms with van der Waals surface area (Å²) in [6.45, 7) is 0. The fraction of sp³-hybridized carbons (Fsp3) is 0.176. The minimum absolute atomic E-state index is 0.729. The summed E-state index contributed by atoms with van der Waals surface area (Å²) in [6, 6.07) is 11.9. The Labute approximate surface area is 138 Å². The highest BCUT2D eigenvalue weighted by Gasteiger charge is 2.07. The van der Waals surface area contributed by atoms with Crippen LogP contribution in [-0.2, 0) is 0 Å². The second kappa shape index (κ2) is 7.36. The summed E-state index contributed by atoms with van der Waals surface area (Å²) in [6.07, 6.45) is 4.12. The van der Waals surface area contributed by atoms with Crippen molar-refractivity contribution >= 4 is 34.7 Å². The standard InChI is InChI=1S/C17H17IO3/c1-19-14-8-5-12(6-9-14)4-7-13-10-16(20-2)17(21-3)11-15(13)18/h4-11H,1-3H3/b7-4-. The van der Waals surface area contributed by atoms with Crippen molar-refractivity contribution < 1.29 is 14.2 Å². The third kappa shape index (κ3) is 3.91. The molecule has 0 radical (unpaired) electrons. The van der Waals surface area contributed by atoms with Gasteiger partial charge in [0.2, 0.25) is 0 Å². The van der Waals surface area contributed by atoms with Crippen LogP contribution in [0.15, 0.2) is 36.4 Å². The van der Waals surface area contributed by atoms with E-state index >= 15 is 0 Å². The van der Waals surface area contributed by atoms with Gasteiger partial charge in [0.1, 0.15) is 5.75 Å².